The minimum Gasteiger partial charge on any atom is -0.455 e. The minimum atomic E-state index is -0.183. The van der Waals surface area contributed by atoms with Crippen LogP contribution in [0.3, 0.4) is 0 Å². The number of hydrogen-bond donors (Lipinski definition) is 0. The first-order valence-electron chi connectivity index (χ1n) is 21.8. The van der Waals surface area contributed by atoms with Gasteiger partial charge >= 0.3 is 0 Å². The molecule has 2 aliphatic carbocycles. The zero-order valence-electron chi connectivity index (χ0n) is 35.3. The highest BCUT2D eigenvalue weighted by Crippen LogP contribution is 2.56. The van der Waals surface area contributed by atoms with Crippen molar-refractivity contribution in [3.8, 4) is 33.4 Å². The second-order valence-electron chi connectivity index (χ2n) is 18.4. The van der Waals surface area contributed by atoms with E-state index in [0.717, 1.165) is 50.0 Å². The molecule has 2 aliphatic rings. The molecule has 0 radical (unpaired) electrons. The number of furan rings is 1. The van der Waals surface area contributed by atoms with Crippen LogP contribution in [0.4, 0.5) is 17.1 Å². The van der Waals surface area contributed by atoms with E-state index in [2.05, 4.69) is 221 Å². The molecule has 0 N–H and O–H groups in total. The number of benzene rings is 10. The minimum absolute atomic E-state index is 0.183. The third-order valence-electron chi connectivity index (χ3n) is 14.4. The summed E-state index contributed by atoms with van der Waals surface area (Å²) in [4.78, 5) is 2.57. The molecule has 2 nitrogen and oxygen atoms in total. The topological polar surface area (TPSA) is 16.4 Å². The highest BCUT2D eigenvalue weighted by molar-refractivity contribution is 6.33. The van der Waals surface area contributed by atoms with Gasteiger partial charge in [-0.2, -0.15) is 0 Å². The summed E-state index contributed by atoms with van der Waals surface area (Å²) in [6.45, 7) is 9.52. The first-order chi connectivity index (χ1) is 30.3. The number of nitrogens with zero attached hydrogens (tertiary/aromatic N) is 1. The molecule has 11 aromatic rings. The summed E-state index contributed by atoms with van der Waals surface area (Å²) in [5.41, 5.74) is 17.8. The molecule has 10 aromatic carbocycles. The molecule has 0 saturated carbocycles. The van der Waals surface area contributed by atoms with Crippen LogP contribution in [0.25, 0.3) is 87.6 Å². The zero-order chi connectivity index (χ0) is 41.5. The fraction of sp³-hybridized carbons (Fsp3) is 0.100. The van der Waals surface area contributed by atoms with E-state index in [1.165, 1.54) is 77.0 Å². The fourth-order valence-corrected chi connectivity index (χ4v) is 11.5. The van der Waals surface area contributed by atoms with Gasteiger partial charge in [-0.05, 0) is 113 Å². The molecule has 0 amide bonds. The summed E-state index contributed by atoms with van der Waals surface area (Å²) >= 11 is 0. The molecule has 0 saturated heterocycles. The molecule has 0 fully saturated rings. The van der Waals surface area contributed by atoms with Crippen LogP contribution in [0.2, 0.25) is 0 Å². The van der Waals surface area contributed by atoms with Crippen LogP contribution in [0.5, 0.6) is 0 Å². The molecular weight excluding hydrogens is 751 g/mol. The lowest BCUT2D eigenvalue weighted by atomic mass is 9.82. The van der Waals surface area contributed by atoms with E-state index in [9.17, 15) is 0 Å². The normalized spacial score (nSPS) is 14.4. The molecule has 2 heteroatoms. The first kappa shape index (κ1) is 35.3. The molecule has 0 unspecified atom stereocenters. The molecule has 1 aromatic heterocycles. The van der Waals surface area contributed by atoms with E-state index in [1.54, 1.807) is 0 Å². The van der Waals surface area contributed by atoms with Crippen molar-refractivity contribution in [2.75, 3.05) is 4.90 Å². The van der Waals surface area contributed by atoms with Crippen molar-refractivity contribution in [2.45, 2.75) is 38.5 Å². The number of hydrogen-bond acceptors (Lipinski definition) is 2. The highest BCUT2D eigenvalue weighted by Gasteiger charge is 2.38. The third-order valence-corrected chi connectivity index (χ3v) is 14.4. The maximum absolute atomic E-state index is 7.19. The standard InChI is InChI=1S/C60H43NO/c1-59(2)50-26-13-11-21-43(50)45-30-28-37(34-52(45)59)61(38-29-31-46-44-22-12-14-27-51(44)60(3,4)53(46)35-38)57-48(40-25-15-17-36-16-5-6-18-39(36)40)32-33-54-56(57)55-47-23-9-7-19-41(47)42-20-8-10-24-49(42)58(55)62-54/h5-35H,1-4H3. The van der Waals surface area contributed by atoms with Gasteiger partial charge < -0.3 is 9.32 Å². The molecule has 0 atom stereocenters. The van der Waals surface area contributed by atoms with E-state index in [0.29, 0.717) is 0 Å². The quantitative estimate of drug-likeness (QED) is 0.165. The van der Waals surface area contributed by atoms with Crippen LogP contribution in [0.1, 0.15) is 49.9 Å². The summed E-state index contributed by atoms with van der Waals surface area (Å²) in [5.74, 6) is 0. The summed E-state index contributed by atoms with van der Waals surface area (Å²) in [7, 11) is 0. The molecule has 0 spiro atoms. The largest absolute Gasteiger partial charge is 0.455 e. The first-order valence-corrected chi connectivity index (χ1v) is 21.8. The zero-order valence-corrected chi connectivity index (χ0v) is 35.3. The molecule has 1 heterocycles. The molecule has 0 bridgehead atoms. The van der Waals surface area contributed by atoms with Gasteiger partial charge in [-0.15, -0.1) is 0 Å². The van der Waals surface area contributed by atoms with E-state index < -0.39 is 0 Å². The van der Waals surface area contributed by atoms with Gasteiger partial charge in [0, 0.05) is 38.5 Å². The van der Waals surface area contributed by atoms with Crippen LogP contribution in [-0.4, -0.2) is 0 Å². The Labute approximate surface area is 361 Å². The van der Waals surface area contributed by atoms with E-state index in [4.69, 9.17) is 4.42 Å². The van der Waals surface area contributed by atoms with Gasteiger partial charge in [-0.25, -0.2) is 0 Å². The van der Waals surface area contributed by atoms with Crippen molar-refractivity contribution in [1.82, 2.24) is 0 Å². The van der Waals surface area contributed by atoms with Crippen molar-refractivity contribution in [3.63, 3.8) is 0 Å². The molecule has 13 rings (SSSR count). The van der Waals surface area contributed by atoms with Gasteiger partial charge in [-0.3, -0.25) is 0 Å². The van der Waals surface area contributed by atoms with Crippen molar-refractivity contribution >= 4 is 71.3 Å². The highest BCUT2D eigenvalue weighted by atomic mass is 16.3. The van der Waals surface area contributed by atoms with Gasteiger partial charge in [0.1, 0.15) is 11.2 Å². The van der Waals surface area contributed by atoms with Crippen LogP contribution in [0, 0.1) is 0 Å². The van der Waals surface area contributed by atoms with E-state index in [1.807, 2.05) is 0 Å². The summed E-state index contributed by atoms with van der Waals surface area (Å²) < 4.78 is 7.19. The predicted molar refractivity (Wildman–Crippen MR) is 261 cm³/mol. The summed E-state index contributed by atoms with van der Waals surface area (Å²) in [6, 6.07) is 69.9. The average Bonchev–Trinajstić information content (AvgIpc) is 3.90. The van der Waals surface area contributed by atoms with Crippen LogP contribution in [-0.2, 0) is 10.8 Å². The van der Waals surface area contributed by atoms with Crippen molar-refractivity contribution in [1.29, 1.82) is 0 Å². The number of anilines is 3. The fourth-order valence-electron chi connectivity index (χ4n) is 11.5. The van der Waals surface area contributed by atoms with Crippen LogP contribution in [0.15, 0.2) is 192 Å². The lowest BCUT2D eigenvalue weighted by Crippen LogP contribution is -2.18. The Kier molecular flexibility index (Phi) is 7.16. The van der Waals surface area contributed by atoms with E-state index in [-0.39, 0.29) is 10.8 Å². The Hall–Kier alpha value is -7.42. The number of rotatable bonds is 4. The Bertz CT molecular complexity index is 3600. The van der Waals surface area contributed by atoms with Crippen LogP contribution >= 0.6 is 0 Å². The lowest BCUT2D eigenvalue weighted by molar-refractivity contribution is 0.660. The predicted octanol–water partition coefficient (Wildman–Crippen LogP) is 16.8. The third kappa shape index (κ3) is 4.70. The second-order valence-corrected chi connectivity index (χ2v) is 18.4. The Morgan fingerprint density at radius 3 is 1.47 bits per heavy atom. The average molecular weight is 794 g/mol. The Balaban J connectivity index is 1.21. The molecular formula is C60H43NO. The molecule has 62 heavy (non-hydrogen) atoms. The van der Waals surface area contributed by atoms with E-state index >= 15 is 0 Å². The molecule has 0 aliphatic heterocycles. The SMILES string of the molecule is CC1(C)c2ccccc2-c2ccc(N(c3ccc4c(c3)C(C)(C)c3ccccc3-4)c3c(-c4cccc5ccccc45)ccc4oc5c6ccccc6c6ccccc6c5c34)cc21. The monoisotopic (exact) mass is 793 g/mol. The maximum Gasteiger partial charge on any atom is 0.143 e. The number of fused-ring (bicyclic) bond motifs is 15. The van der Waals surface area contributed by atoms with Gasteiger partial charge in [0.25, 0.3) is 0 Å². The summed E-state index contributed by atoms with van der Waals surface area (Å²) in [6.07, 6.45) is 0. The Morgan fingerprint density at radius 2 is 0.823 bits per heavy atom. The molecule has 294 valence electrons. The van der Waals surface area contributed by atoms with Gasteiger partial charge in [0.15, 0.2) is 0 Å². The lowest BCUT2D eigenvalue weighted by Gasteiger charge is -2.32. The van der Waals surface area contributed by atoms with Crippen molar-refractivity contribution in [3.05, 3.63) is 210 Å². The maximum atomic E-state index is 7.19. The van der Waals surface area contributed by atoms with Crippen molar-refractivity contribution in [2.24, 2.45) is 0 Å². The van der Waals surface area contributed by atoms with Gasteiger partial charge in [0.2, 0.25) is 0 Å². The second kappa shape index (κ2) is 12.6. The van der Waals surface area contributed by atoms with Gasteiger partial charge in [0.05, 0.1) is 11.1 Å². The summed E-state index contributed by atoms with van der Waals surface area (Å²) in [5, 5.41) is 9.41. The smallest absolute Gasteiger partial charge is 0.143 e. The van der Waals surface area contributed by atoms with Gasteiger partial charge in [-0.1, -0.05) is 179 Å². The van der Waals surface area contributed by atoms with Crippen molar-refractivity contribution < 1.29 is 4.42 Å². The Morgan fingerprint density at radius 1 is 0.355 bits per heavy atom. The van der Waals surface area contributed by atoms with Crippen LogP contribution < -0.4 is 4.90 Å².